The molecule has 0 bridgehead atoms. The third-order valence-corrected chi connectivity index (χ3v) is 6.45. The van der Waals surface area contributed by atoms with Gasteiger partial charge in [-0.3, -0.25) is 0 Å². The monoisotopic (exact) mass is 176 g/mol. The van der Waals surface area contributed by atoms with Crippen LogP contribution in [0.5, 0.6) is 0 Å². The van der Waals surface area contributed by atoms with Crippen molar-refractivity contribution in [3.05, 3.63) is 0 Å². The minimum Gasteiger partial charge on any atom is -0.489 e. The highest BCUT2D eigenvalue weighted by molar-refractivity contribution is 6.75. The molecule has 0 saturated heterocycles. The average Bonchev–Trinajstić information content (AvgIpc) is 1.56. The van der Waals surface area contributed by atoms with Crippen LogP contribution >= 0.6 is 0 Å². The molecule has 0 aliphatic heterocycles. The van der Waals surface area contributed by atoms with Gasteiger partial charge in [0.1, 0.15) is 0 Å². The van der Waals surface area contributed by atoms with Gasteiger partial charge in [0.15, 0.2) is 0 Å². The molecule has 4 heteroatoms. The van der Waals surface area contributed by atoms with Crippen LogP contribution in [-0.2, 0) is 4.43 Å². The topological polar surface area (TPSA) is 46.5 Å². The van der Waals surface area contributed by atoms with Gasteiger partial charge in [-0.05, 0) is 18.1 Å². The van der Waals surface area contributed by atoms with Gasteiger partial charge >= 0.3 is 6.16 Å². The summed E-state index contributed by atoms with van der Waals surface area (Å²) in [7, 11) is -2.07. The van der Waals surface area contributed by atoms with Crippen LogP contribution in [0.2, 0.25) is 18.1 Å². The van der Waals surface area contributed by atoms with E-state index >= 15 is 0 Å². The van der Waals surface area contributed by atoms with Crippen LogP contribution in [0.3, 0.4) is 0 Å². The minimum atomic E-state index is -2.07. The molecule has 0 aromatic heterocycles. The van der Waals surface area contributed by atoms with Crippen molar-refractivity contribution in [2.45, 2.75) is 38.9 Å². The first kappa shape index (κ1) is 10.5. The Morgan fingerprint density at radius 1 is 1.36 bits per heavy atom. The molecule has 0 aliphatic rings. The Bertz CT molecular complexity index is 158. The average molecular weight is 176 g/mol. The van der Waals surface area contributed by atoms with Crippen molar-refractivity contribution in [1.29, 1.82) is 0 Å². The molecule has 0 unspecified atom stereocenters. The van der Waals surface area contributed by atoms with Gasteiger partial charge in [0, 0.05) is 0 Å². The van der Waals surface area contributed by atoms with E-state index in [2.05, 4.69) is 0 Å². The molecule has 0 spiro atoms. The smallest absolute Gasteiger partial charge is 0.489 e. The third kappa shape index (κ3) is 2.92. The molecule has 0 aromatic carbocycles. The zero-order valence-corrected chi connectivity index (χ0v) is 8.76. The first-order chi connectivity index (χ1) is 4.67. The lowest BCUT2D eigenvalue weighted by atomic mass is 10.2. The van der Waals surface area contributed by atoms with Gasteiger partial charge < -0.3 is 9.53 Å². The van der Waals surface area contributed by atoms with E-state index in [0.717, 1.165) is 0 Å². The molecule has 0 atom stereocenters. The lowest BCUT2D eigenvalue weighted by Gasteiger charge is -2.33. The molecule has 0 fully saturated rings. The van der Waals surface area contributed by atoms with E-state index in [1.165, 1.54) is 0 Å². The summed E-state index contributed by atoms with van der Waals surface area (Å²) in [6, 6.07) is 0. The Balaban J connectivity index is 4.34. The molecule has 3 nitrogen and oxygen atoms in total. The van der Waals surface area contributed by atoms with Gasteiger partial charge in [0.25, 0.3) is 8.32 Å². The van der Waals surface area contributed by atoms with E-state index in [1.807, 2.05) is 33.9 Å². The third-order valence-electron chi connectivity index (χ3n) is 2.15. The van der Waals surface area contributed by atoms with Crippen LogP contribution < -0.4 is 0 Å². The second-order valence-corrected chi connectivity index (χ2v) is 8.85. The zero-order valence-electron chi connectivity index (χ0n) is 7.76. The SMILES string of the molecule is CC(C)(C)[Si](C)(C)OC(=O)O. The highest BCUT2D eigenvalue weighted by Crippen LogP contribution is 2.36. The van der Waals surface area contributed by atoms with E-state index in [0.29, 0.717) is 0 Å². The molecule has 0 rings (SSSR count). The van der Waals surface area contributed by atoms with Crippen molar-refractivity contribution in [3.8, 4) is 0 Å². The number of carbonyl (C=O) groups is 1. The summed E-state index contributed by atoms with van der Waals surface area (Å²) < 4.78 is 4.86. The van der Waals surface area contributed by atoms with Crippen LogP contribution in [0.4, 0.5) is 4.79 Å². The first-order valence-corrected chi connectivity index (χ1v) is 6.49. The van der Waals surface area contributed by atoms with Crippen LogP contribution in [0.15, 0.2) is 0 Å². The fourth-order valence-corrected chi connectivity index (χ4v) is 1.11. The number of rotatable bonds is 1. The largest absolute Gasteiger partial charge is 0.491 e. The standard InChI is InChI=1S/C7H16O3Si/c1-7(2,3)11(4,5)10-6(8)9/h1-5H3,(H,8,9). The summed E-state index contributed by atoms with van der Waals surface area (Å²) in [6.07, 6.45) is -1.16. The summed E-state index contributed by atoms with van der Waals surface area (Å²) in [4.78, 5) is 10.3. The molecule has 0 aromatic rings. The van der Waals surface area contributed by atoms with E-state index < -0.39 is 14.5 Å². The minimum absolute atomic E-state index is 0.0363. The van der Waals surface area contributed by atoms with Crippen LogP contribution in [0.1, 0.15) is 20.8 Å². The molecule has 0 radical (unpaired) electrons. The number of hydrogen-bond acceptors (Lipinski definition) is 2. The highest BCUT2D eigenvalue weighted by Gasteiger charge is 2.40. The van der Waals surface area contributed by atoms with Gasteiger partial charge in [-0.15, -0.1) is 0 Å². The Morgan fingerprint density at radius 3 is 1.82 bits per heavy atom. The second-order valence-electron chi connectivity index (χ2n) is 4.13. The van der Waals surface area contributed by atoms with Crippen molar-refractivity contribution in [1.82, 2.24) is 0 Å². The summed E-state index contributed by atoms with van der Waals surface area (Å²) in [5.41, 5.74) is 0. The van der Waals surface area contributed by atoms with Gasteiger partial charge in [-0.25, -0.2) is 4.79 Å². The van der Waals surface area contributed by atoms with Gasteiger partial charge in [-0.2, -0.15) is 0 Å². The van der Waals surface area contributed by atoms with Gasteiger partial charge in [0.2, 0.25) is 0 Å². The molecular weight excluding hydrogens is 160 g/mol. The molecule has 0 heterocycles. The lowest BCUT2D eigenvalue weighted by Crippen LogP contribution is -2.42. The molecule has 0 saturated carbocycles. The second kappa shape index (κ2) is 2.85. The maximum Gasteiger partial charge on any atom is 0.491 e. The van der Waals surface area contributed by atoms with Crippen molar-refractivity contribution in [3.63, 3.8) is 0 Å². The van der Waals surface area contributed by atoms with Crippen LogP contribution in [-0.4, -0.2) is 19.6 Å². The molecule has 11 heavy (non-hydrogen) atoms. The summed E-state index contributed by atoms with van der Waals surface area (Å²) in [6.45, 7) is 9.81. The quantitative estimate of drug-likeness (QED) is 0.625. The van der Waals surface area contributed by atoms with Crippen molar-refractivity contribution in [2.75, 3.05) is 0 Å². The highest BCUT2D eigenvalue weighted by atomic mass is 28.4. The maximum absolute atomic E-state index is 10.3. The van der Waals surface area contributed by atoms with Crippen LogP contribution in [0, 0.1) is 0 Å². The maximum atomic E-state index is 10.3. The van der Waals surface area contributed by atoms with Crippen molar-refractivity contribution in [2.24, 2.45) is 0 Å². The van der Waals surface area contributed by atoms with Crippen LogP contribution in [0.25, 0.3) is 0 Å². The molecule has 1 N–H and O–H groups in total. The summed E-state index contributed by atoms with van der Waals surface area (Å²) in [5, 5.41) is 8.39. The summed E-state index contributed by atoms with van der Waals surface area (Å²) >= 11 is 0. The van der Waals surface area contributed by atoms with Crippen molar-refractivity contribution >= 4 is 14.5 Å². The first-order valence-electron chi connectivity index (χ1n) is 3.59. The Hall–Kier alpha value is -0.513. The van der Waals surface area contributed by atoms with E-state index in [-0.39, 0.29) is 5.04 Å². The summed E-state index contributed by atoms with van der Waals surface area (Å²) in [5.74, 6) is 0. The van der Waals surface area contributed by atoms with E-state index in [4.69, 9.17) is 9.53 Å². The fourth-order valence-electron chi connectivity index (χ4n) is 0.371. The van der Waals surface area contributed by atoms with Gasteiger partial charge in [-0.1, -0.05) is 20.8 Å². The Kier molecular flexibility index (Phi) is 2.72. The lowest BCUT2D eigenvalue weighted by molar-refractivity contribution is 0.139. The normalized spacial score (nSPS) is 12.8. The van der Waals surface area contributed by atoms with Crippen molar-refractivity contribution < 1.29 is 14.3 Å². The Labute approximate surface area is 68.5 Å². The van der Waals surface area contributed by atoms with E-state index in [1.54, 1.807) is 0 Å². The number of hydrogen-bond donors (Lipinski definition) is 1. The predicted octanol–water partition coefficient (Wildman–Crippen LogP) is 2.69. The van der Waals surface area contributed by atoms with E-state index in [9.17, 15) is 4.79 Å². The number of carboxylic acid groups (broad SMARTS) is 1. The fraction of sp³-hybridized carbons (Fsp3) is 0.857. The van der Waals surface area contributed by atoms with Gasteiger partial charge in [0.05, 0.1) is 0 Å². The molecule has 0 amide bonds. The molecular formula is C7H16O3Si. The molecule has 0 aliphatic carbocycles. The zero-order chi connectivity index (χ0) is 9.28. The molecule has 66 valence electrons. The predicted molar refractivity (Wildman–Crippen MR) is 46.3 cm³/mol. The Morgan fingerprint density at radius 2 is 1.73 bits per heavy atom.